The number of hydrogen-bond acceptors (Lipinski definition) is 8. The number of rotatable bonds is 5. The summed E-state index contributed by atoms with van der Waals surface area (Å²) >= 11 is 1.46. The maximum atomic E-state index is 10.1. The molecule has 7 nitrogen and oxygen atoms in total. The molecule has 5 N–H and O–H groups in total. The highest BCUT2D eigenvalue weighted by Gasteiger charge is 2.44. The molecule has 1 aromatic heterocycles. The molecule has 0 spiro atoms. The number of aromatic hydroxyl groups is 1. The first-order valence-electron chi connectivity index (χ1n) is 7.81. The molecule has 0 bridgehead atoms. The molecule has 2 aromatic rings. The minimum Gasteiger partial charge on any atom is -0.508 e. The van der Waals surface area contributed by atoms with Gasteiger partial charge in [-0.25, -0.2) is 0 Å². The Labute approximate surface area is 148 Å². The maximum absolute atomic E-state index is 10.1. The van der Waals surface area contributed by atoms with Crippen molar-refractivity contribution in [1.82, 2.24) is 0 Å². The van der Waals surface area contributed by atoms with Crippen LogP contribution in [0.1, 0.15) is 10.4 Å². The minimum absolute atomic E-state index is 0.188. The van der Waals surface area contributed by atoms with Crippen LogP contribution < -0.4 is 4.74 Å². The van der Waals surface area contributed by atoms with Gasteiger partial charge in [-0.3, -0.25) is 0 Å². The van der Waals surface area contributed by atoms with Crippen LogP contribution >= 0.6 is 11.3 Å². The Kier molecular flexibility index (Phi) is 5.57. The number of aliphatic hydroxyl groups is 4. The van der Waals surface area contributed by atoms with Crippen molar-refractivity contribution in [2.75, 3.05) is 6.61 Å². The van der Waals surface area contributed by atoms with Gasteiger partial charge >= 0.3 is 0 Å². The fourth-order valence-corrected chi connectivity index (χ4v) is 3.49. The van der Waals surface area contributed by atoms with Gasteiger partial charge in [0.25, 0.3) is 0 Å². The number of ether oxygens (including phenoxy) is 2. The van der Waals surface area contributed by atoms with Crippen molar-refractivity contribution in [1.29, 1.82) is 0 Å². The summed E-state index contributed by atoms with van der Waals surface area (Å²) in [6.07, 6.45) is -6.00. The van der Waals surface area contributed by atoms with Gasteiger partial charge in [0, 0.05) is 6.42 Å². The fourth-order valence-electron chi connectivity index (χ4n) is 2.65. The van der Waals surface area contributed by atoms with E-state index in [2.05, 4.69) is 0 Å². The van der Waals surface area contributed by atoms with E-state index < -0.39 is 37.3 Å². The summed E-state index contributed by atoms with van der Waals surface area (Å²) in [5, 5.41) is 50.1. The Morgan fingerprint density at radius 2 is 1.72 bits per heavy atom. The molecular formula is C17H20O7S. The van der Waals surface area contributed by atoms with E-state index in [1.54, 1.807) is 30.3 Å². The predicted molar refractivity (Wildman–Crippen MR) is 89.6 cm³/mol. The highest BCUT2D eigenvalue weighted by molar-refractivity contribution is 7.10. The Morgan fingerprint density at radius 1 is 1.00 bits per heavy atom. The van der Waals surface area contributed by atoms with Gasteiger partial charge in [0.15, 0.2) is 0 Å². The van der Waals surface area contributed by atoms with Gasteiger partial charge in [-0.1, -0.05) is 12.1 Å². The largest absolute Gasteiger partial charge is 0.508 e. The summed E-state index contributed by atoms with van der Waals surface area (Å²) in [6.45, 7) is -0.505. The molecule has 25 heavy (non-hydrogen) atoms. The van der Waals surface area contributed by atoms with Crippen LogP contribution in [0.2, 0.25) is 0 Å². The molecular weight excluding hydrogens is 348 g/mol. The molecule has 2 heterocycles. The fraction of sp³-hybridized carbons (Fsp3) is 0.412. The maximum Gasteiger partial charge on any atom is 0.229 e. The molecule has 1 saturated heterocycles. The number of thiophene rings is 1. The van der Waals surface area contributed by atoms with E-state index in [9.17, 15) is 25.5 Å². The zero-order chi connectivity index (χ0) is 18.0. The Balaban J connectivity index is 1.73. The summed E-state index contributed by atoms with van der Waals surface area (Å²) in [6, 6.07) is 8.52. The van der Waals surface area contributed by atoms with Crippen molar-refractivity contribution in [3.8, 4) is 11.5 Å². The highest BCUT2D eigenvalue weighted by Crippen LogP contribution is 2.31. The number of phenolic OH excluding ortho intramolecular Hbond substituents is 1. The van der Waals surface area contributed by atoms with Crippen LogP contribution in [0.15, 0.2) is 35.7 Å². The lowest BCUT2D eigenvalue weighted by atomic mass is 9.99. The Bertz CT molecular complexity index is 685. The summed E-state index contributed by atoms with van der Waals surface area (Å²) in [5.74, 6) is 0.676. The first-order valence-corrected chi connectivity index (χ1v) is 8.69. The Hall–Kier alpha value is -1.68. The second kappa shape index (κ2) is 7.69. The van der Waals surface area contributed by atoms with E-state index in [0.29, 0.717) is 12.2 Å². The van der Waals surface area contributed by atoms with E-state index in [0.717, 1.165) is 10.4 Å². The highest BCUT2D eigenvalue weighted by atomic mass is 32.1. The molecule has 1 aliphatic heterocycles. The van der Waals surface area contributed by atoms with Gasteiger partial charge in [-0.2, -0.15) is 0 Å². The molecule has 0 amide bonds. The van der Waals surface area contributed by atoms with Crippen molar-refractivity contribution in [3.05, 3.63) is 46.2 Å². The van der Waals surface area contributed by atoms with Crippen LogP contribution in [0.3, 0.4) is 0 Å². The number of aliphatic hydroxyl groups excluding tert-OH is 4. The predicted octanol–water partition coefficient (Wildman–Crippen LogP) is 0.223. The molecule has 0 saturated carbocycles. The van der Waals surface area contributed by atoms with Gasteiger partial charge < -0.3 is 35.0 Å². The van der Waals surface area contributed by atoms with Crippen LogP contribution in [0.5, 0.6) is 11.5 Å². The lowest BCUT2D eigenvalue weighted by molar-refractivity contribution is -0.277. The van der Waals surface area contributed by atoms with Crippen LogP contribution in [0.4, 0.5) is 0 Å². The SMILES string of the molecule is OCC1OC(Oc2ccsc2Cc2ccc(O)cc2)C(O)C(O)C1O. The van der Waals surface area contributed by atoms with Crippen molar-refractivity contribution in [2.45, 2.75) is 37.1 Å². The van der Waals surface area contributed by atoms with Crippen molar-refractivity contribution in [3.63, 3.8) is 0 Å². The molecule has 5 atom stereocenters. The lowest BCUT2D eigenvalue weighted by Gasteiger charge is -2.39. The molecule has 0 radical (unpaired) electrons. The van der Waals surface area contributed by atoms with E-state index in [1.807, 2.05) is 5.38 Å². The molecule has 1 aliphatic rings. The first-order chi connectivity index (χ1) is 12.0. The average molecular weight is 368 g/mol. The third kappa shape index (κ3) is 3.95. The van der Waals surface area contributed by atoms with Crippen molar-refractivity contribution < 1.29 is 35.0 Å². The molecule has 3 rings (SSSR count). The molecule has 136 valence electrons. The van der Waals surface area contributed by atoms with Gasteiger partial charge in [0.2, 0.25) is 6.29 Å². The van der Waals surface area contributed by atoms with Crippen LogP contribution in [-0.2, 0) is 11.2 Å². The van der Waals surface area contributed by atoms with Gasteiger partial charge in [0.1, 0.15) is 35.9 Å². The van der Waals surface area contributed by atoms with E-state index >= 15 is 0 Å². The average Bonchev–Trinajstić information content (AvgIpc) is 3.04. The topological polar surface area (TPSA) is 120 Å². The zero-order valence-electron chi connectivity index (χ0n) is 13.2. The van der Waals surface area contributed by atoms with Gasteiger partial charge in [-0.15, -0.1) is 11.3 Å². The zero-order valence-corrected chi connectivity index (χ0v) is 14.0. The third-order valence-electron chi connectivity index (χ3n) is 4.10. The summed E-state index contributed by atoms with van der Waals surface area (Å²) in [5.41, 5.74) is 0.971. The van der Waals surface area contributed by atoms with Gasteiger partial charge in [-0.05, 0) is 29.1 Å². The normalized spacial score (nSPS) is 29.5. The molecule has 0 aliphatic carbocycles. The number of hydrogen-bond donors (Lipinski definition) is 5. The molecule has 1 fully saturated rings. The van der Waals surface area contributed by atoms with Crippen LogP contribution in [0.25, 0.3) is 0 Å². The molecule has 8 heteroatoms. The smallest absolute Gasteiger partial charge is 0.229 e. The second-order valence-electron chi connectivity index (χ2n) is 5.87. The Morgan fingerprint density at radius 3 is 2.40 bits per heavy atom. The summed E-state index contributed by atoms with van der Waals surface area (Å²) in [7, 11) is 0. The van der Waals surface area contributed by atoms with Crippen LogP contribution in [0, 0.1) is 0 Å². The summed E-state index contributed by atoms with van der Waals surface area (Å²) < 4.78 is 11.1. The van der Waals surface area contributed by atoms with E-state index in [1.165, 1.54) is 11.3 Å². The minimum atomic E-state index is -1.48. The van der Waals surface area contributed by atoms with Gasteiger partial charge in [0.05, 0.1) is 11.5 Å². The number of benzene rings is 1. The van der Waals surface area contributed by atoms with Crippen molar-refractivity contribution in [2.24, 2.45) is 0 Å². The summed E-state index contributed by atoms with van der Waals surface area (Å²) in [4.78, 5) is 0.877. The number of phenols is 1. The third-order valence-corrected chi connectivity index (χ3v) is 5.00. The lowest BCUT2D eigenvalue weighted by Crippen LogP contribution is -2.60. The quantitative estimate of drug-likeness (QED) is 0.512. The molecule has 5 unspecified atom stereocenters. The monoisotopic (exact) mass is 368 g/mol. The van der Waals surface area contributed by atoms with E-state index in [-0.39, 0.29) is 5.75 Å². The second-order valence-corrected chi connectivity index (χ2v) is 6.87. The molecule has 1 aromatic carbocycles. The van der Waals surface area contributed by atoms with E-state index in [4.69, 9.17) is 9.47 Å². The van der Waals surface area contributed by atoms with Crippen molar-refractivity contribution >= 4 is 11.3 Å². The van der Waals surface area contributed by atoms with Crippen LogP contribution in [-0.4, -0.2) is 62.8 Å². The first kappa shape index (κ1) is 18.1. The standard InChI is InChI=1S/C17H20O7S/c18-8-12-14(20)15(21)16(22)17(24-12)23-11-5-6-25-13(11)7-9-1-3-10(19)4-2-9/h1-6,12,14-22H,7-8H2.